The van der Waals surface area contributed by atoms with E-state index in [0.29, 0.717) is 18.0 Å². The van der Waals surface area contributed by atoms with Gasteiger partial charge in [0.2, 0.25) is 0 Å². The van der Waals surface area contributed by atoms with Crippen LogP contribution in [0.1, 0.15) is 17.3 Å². The lowest BCUT2D eigenvalue weighted by atomic mass is 10.2. The molecule has 0 radical (unpaired) electrons. The summed E-state index contributed by atoms with van der Waals surface area (Å²) < 4.78 is 23.5. The molecule has 0 fully saturated rings. The fourth-order valence-electron chi connectivity index (χ4n) is 2.09. The lowest BCUT2D eigenvalue weighted by Gasteiger charge is -2.09. The molecule has 0 aliphatic carbocycles. The molecule has 0 heterocycles. The first-order valence-electron chi connectivity index (χ1n) is 8.20. The van der Waals surface area contributed by atoms with Crippen LogP contribution in [0.15, 0.2) is 48.5 Å². The second kappa shape index (κ2) is 9.91. The number of rotatable bonds is 8. The van der Waals surface area contributed by atoms with Gasteiger partial charge in [-0.15, -0.1) is 0 Å². The molecule has 2 aromatic carbocycles. The number of halogens is 1. The van der Waals surface area contributed by atoms with Crippen LogP contribution in [0.2, 0.25) is 0 Å². The van der Waals surface area contributed by atoms with Gasteiger partial charge in [0.15, 0.2) is 6.61 Å². The van der Waals surface area contributed by atoms with Gasteiger partial charge in [-0.1, -0.05) is 12.1 Å². The number of amides is 2. The molecule has 0 atom stereocenters. The van der Waals surface area contributed by atoms with Crippen molar-refractivity contribution in [1.29, 1.82) is 0 Å². The molecule has 7 nitrogen and oxygen atoms in total. The maximum Gasteiger partial charge on any atom is 0.325 e. The van der Waals surface area contributed by atoms with E-state index < -0.39 is 36.8 Å². The molecule has 142 valence electrons. The minimum atomic E-state index is -0.818. The fourth-order valence-corrected chi connectivity index (χ4v) is 2.09. The Morgan fingerprint density at radius 2 is 1.74 bits per heavy atom. The van der Waals surface area contributed by atoms with Gasteiger partial charge in [-0.25, -0.2) is 4.39 Å². The molecule has 2 amide bonds. The summed E-state index contributed by atoms with van der Waals surface area (Å²) in [4.78, 5) is 35.2. The van der Waals surface area contributed by atoms with Gasteiger partial charge in [0.25, 0.3) is 11.8 Å². The van der Waals surface area contributed by atoms with E-state index in [2.05, 4.69) is 10.6 Å². The molecule has 0 spiro atoms. The summed E-state index contributed by atoms with van der Waals surface area (Å²) in [6.45, 7) is 1.41. The van der Waals surface area contributed by atoms with E-state index >= 15 is 0 Å². The summed E-state index contributed by atoms with van der Waals surface area (Å²) in [5, 5.41) is 4.79. The Labute approximate surface area is 155 Å². The van der Waals surface area contributed by atoms with Crippen molar-refractivity contribution in [2.45, 2.75) is 6.92 Å². The van der Waals surface area contributed by atoms with Crippen molar-refractivity contribution < 1.29 is 28.2 Å². The number of hydrogen-bond acceptors (Lipinski definition) is 5. The highest BCUT2D eigenvalue weighted by atomic mass is 19.1. The van der Waals surface area contributed by atoms with Crippen LogP contribution in [0.25, 0.3) is 0 Å². The molecule has 0 saturated heterocycles. The van der Waals surface area contributed by atoms with E-state index in [1.54, 1.807) is 24.3 Å². The Morgan fingerprint density at radius 1 is 1.04 bits per heavy atom. The normalized spacial score (nSPS) is 10.0. The highest BCUT2D eigenvalue weighted by Gasteiger charge is 2.13. The van der Waals surface area contributed by atoms with Gasteiger partial charge in [0.05, 0.1) is 12.2 Å². The molecule has 0 aromatic heterocycles. The molecule has 0 aliphatic heterocycles. The van der Waals surface area contributed by atoms with E-state index in [9.17, 15) is 18.8 Å². The zero-order chi connectivity index (χ0) is 19.6. The monoisotopic (exact) mass is 374 g/mol. The Morgan fingerprint density at radius 3 is 2.41 bits per heavy atom. The summed E-state index contributed by atoms with van der Waals surface area (Å²) in [6, 6.07) is 12.1. The van der Waals surface area contributed by atoms with Crippen molar-refractivity contribution in [3.63, 3.8) is 0 Å². The zero-order valence-electron chi connectivity index (χ0n) is 14.7. The summed E-state index contributed by atoms with van der Waals surface area (Å²) in [5.41, 5.74) is 0.339. The van der Waals surface area contributed by atoms with Gasteiger partial charge in [-0.05, 0) is 43.3 Å². The number of hydrogen-bond donors (Lipinski definition) is 2. The Hall–Kier alpha value is -3.42. The third-order valence-electron chi connectivity index (χ3n) is 3.33. The van der Waals surface area contributed by atoms with Crippen molar-refractivity contribution in [1.82, 2.24) is 5.32 Å². The number of carbonyl (C=O) groups is 3. The Balaban J connectivity index is 1.72. The van der Waals surface area contributed by atoms with Crippen LogP contribution in [0, 0.1) is 5.82 Å². The first kappa shape index (κ1) is 19.9. The predicted octanol–water partition coefficient (Wildman–Crippen LogP) is 2.14. The minimum absolute atomic E-state index is 0.182. The minimum Gasteiger partial charge on any atom is -0.494 e. The highest BCUT2D eigenvalue weighted by molar-refractivity contribution is 5.96. The van der Waals surface area contributed by atoms with Crippen molar-refractivity contribution in [3.05, 3.63) is 59.9 Å². The molecule has 0 bridgehead atoms. The molecule has 0 unspecified atom stereocenters. The van der Waals surface area contributed by atoms with Gasteiger partial charge < -0.3 is 20.1 Å². The van der Waals surface area contributed by atoms with Gasteiger partial charge >= 0.3 is 5.97 Å². The van der Waals surface area contributed by atoms with Gasteiger partial charge in [0.1, 0.15) is 18.1 Å². The second-order valence-electron chi connectivity index (χ2n) is 5.33. The average Bonchev–Trinajstić information content (AvgIpc) is 2.66. The first-order chi connectivity index (χ1) is 13.0. The summed E-state index contributed by atoms with van der Waals surface area (Å²) in [6.07, 6.45) is 0. The molecule has 8 heteroatoms. The number of carbonyl (C=O) groups excluding carboxylic acids is 3. The third-order valence-corrected chi connectivity index (χ3v) is 3.33. The second-order valence-corrected chi connectivity index (χ2v) is 5.33. The van der Waals surface area contributed by atoms with E-state index in [0.717, 1.165) is 6.07 Å². The number of nitrogens with one attached hydrogen (secondary N) is 2. The molecule has 2 aromatic rings. The Kier molecular flexibility index (Phi) is 7.30. The quantitative estimate of drug-likeness (QED) is 0.691. The van der Waals surface area contributed by atoms with Crippen molar-refractivity contribution in [2.75, 3.05) is 25.1 Å². The predicted molar refractivity (Wildman–Crippen MR) is 95.9 cm³/mol. The fraction of sp³-hybridized carbons (Fsp3) is 0.211. The molecular weight excluding hydrogens is 355 g/mol. The Bertz CT molecular complexity index is 808. The first-order valence-corrected chi connectivity index (χ1v) is 8.20. The van der Waals surface area contributed by atoms with Crippen molar-refractivity contribution >= 4 is 23.5 Å². The lowest BCUT2D eigenvalue weighted by Crippen LogP contribution is -2.32. The number of ether oxygens (including phenoxy) is 2. The lowest BCUT2D eigenvalue weighted by molar-refractivity contribution is -0.146. The van der Waals surface area contributed by atoms with Gasteiger partial charge in [-0.2, -0.15) is 0 Å². The van der Waals surface area contributed by atoms with Crippen molar-refractivity contribution in [3.8, 4) is 5.75 Å². The highest BCUT2D eigenvalue weighted by Crippen LogP contribution is 2.15. The topological polar surface area (TPSA) is 93.7 Å². The van der Waals surface area contributed by atoms with Crippen LogP contribution in [0.5, 0.6) is 5.75 Å². The SMILES string of the molecule is CCOc1ccc(NC(=O)COC(=O)CNC(=O)c2ccccc2F)cc1. The van der Waals surface area contributed by atoms with Gasteiger partial charge in [0, 0.05) is 5.69 Å². The number of anilines is 1. The molecule has 0 saturated carbocycles. The maximum absolute atomic E-state index is 13.5. The van der Waals surface area contributed by atoms with Crippen LogP contribution in [0.4, 0.5) is 10.1 Å². The summed E-state index contributed by atoms with van der Waals surface area (Å²) in [5.74, 6) is -2.12. The molecule has 27 heavy (non-hydrogen) atoms. The zero-order valence-corrected chi connectivity index (χ0v) is 14.7. The van der Waals surface area contributed by atoms with Crippen LogP contribution >= 0.6 is 0 Å². The molecule has 0 aliphatic rings. The van der Waals surface area contributed by atoms with E-state index in [-0.39, 0.29) is 5.56 Å². The number of esters is 1. The average molecular weight is 374 g/mol. The van der Waals surface area contributed by atoms with Gasteiger partial charge in [-0.3, -0.25) is 14.4 Å². The summed E-state index contributed by atoms with van der Waals surface area (Å²) in [7, 11) is 0. The van der Waals surface area contributed by atoms with Crippen molar-refractivity contribution in [2.24, 2.45) is 0 Å². The van der Waals surface area contributed by atoms with E-state index in [1.165, 1.54) is 18.2 Å². The van der Waals surface area contributed by atoms with E-state index in [1.807, 2.05) is 6.92 Å². The summed E-state index contributed by atoms with van der Waals surface area (Å²) >= 11 is 0. The van der Waals surface area contributed by atoms with Crippen LogP contribution < -0.4 is 15.4 Å². The number of benzene rings is 2. The smallest absolute Gasteiger partial charge is 0.325 e. The molecular formula is C19H19FN2O5. The third kappa shape index (κ3) is 6.43. The van der Waals surface area contributed by atoms with Crippen LogP contribution in [-0.2, 0) is 14.3 Å². The standard InChI is InChI=1S/C19H19FN2O5/c1-2-26-14-9-7-13(8-10-14)22-17(23)12-27-18(24)11-21-19(25)15-5-3-4-6-16(15)20/h3-10H,2,11-12H2,1H3,(H,21,25)(H,22,23). The van der Waals surface area contributed by atoms with Crippen LogP contribution in [-0.4, -0.2) is 37.5 Å². The molecule has 2 N–H and O–H groups in total. The van der Waals surface area contributed by atoms with Crippen LogP contribution in [0.3, 0.4) is 0 Å². The maximum atomic E-state index is 13.5. The van der Waals surface area contributed by atoms with E-state index in [4.69, 9.17) is 9.47 Å². The largest absolute Gasteiger partial charge is 0.494 e. The molecule has 2 rings (SSSR count).